The van der Waals surface area contributed by atoms with Gasteiger partial charge in [0.05, 0.1) is 17.7 Å². The molecule has 3 N–H and O–H groups in total. The van der Waals surface area contributed by atoms with Crippen molar-refractivity contribution in [1.82, 2.24) is 25.5 Å². The Bertz CT molecular complexity index is 858. The zero-order valence-electron chi connectivity index (χ0n) is 12.9. The zero-order valence-corrected chi connectivity index (χ0v) is 12.9. The lowest BCUT2D eigenvalue weighted by Crippen LogP contribution is -2.41. The van der Waals surface area contributed by atoms with Gasteiger partial charge < -0.3 is 10.4 Å². The summed E-state index contributed by atoms with van der Waals surface area (Å²) >= 11 is 0. The van der Waals surface area contributed by atoms with Gasteiger partial charge >= 0.3 is 0 Å². The second-order valence-corrected chi connectivity index (χ2v) is 6.13. The highest BCUT2D eigenvalue weighted by atomic mass is 16.3. The van der Waals surface area contributed by atoms with Gasteiger partial charge in [-0.2, -0.15) is 5.10 Å². The molecule has 1 saturated carbocycles. The van der Waals surface area contributed by atoms with Crippen molar-refractivity contribution in [2.75, 3.05) is 0 Å². The number of amides is 1. The van der Waals surface area contributed by atoms with Crippen LogP contribution in [0.1, 0.15) is 35.1 Å². The van der Waals surface area contributed by atoms with Crippen molar-refractivity contribution < 1.29 is 9.90 Å². The van der Waals surface area contributed by atoms with Gasteiger partial charge in [0.25, 0.3) is 5.91 Å². The number of rotatable bonds is 4. The Kier molecular flexibility index (Phi) is 3.70. The molecule has 1 amide bonds. The summed E-state index contributed by atoms with van der Waals surface area (Å²) in [6, 6.07) is 9.68. The second-order valence-electron chi connectivity index (χ2n) is 6.13. The largest absolute Gasteiger partial charge is 0.393 e. The molecule has 0 spiro atoms. The molecule has 0 saturated heterocycles. The first-order chi connectivity index (χ1) is 11.7. The molecular weight excluding hydrogens is 306 g/mol. The Morgan fingerprint density at radius 3 is 2.88 bits per heavy atom. The van der Waals surface area contributed by atoms with Crippen molar-refractivity contribution in [1.29, 1.82) is 0 Å². The maximum atomic E-state index is 12.4. The molecule has 24 heavy (non-hydrogen) atoms. The van der Waals surface area contributed by atoms with Crippen LogP contribution in [0.15, 0.2) is 42.9 Å². The van der Waals surface area contributed by atoms with E-state index in [2.05, 4.69) is 25.5 Å². The number of aliphatic hydroxyl groups excluding tert-OH is 1. The fourth-order valence-corrected chi connectivity index (χ4v) is 3.16. The summed E-state index contributed by atoms with van der Waals surface area (Å²) in [5, 5.41) is 19.9. The van der Waals surface area contributed by atoms with Crippen LogP contribution < -0.4 is 5.32 Å². The molecule has 1 fully saturated rings. The molecule has 1 aromatic carbocycles. The van der Waals surface area contributed by atoms with E-state index >= 15 is 0 Å². The number of H-pyrrole nitrogens is 1. The van der Waals surface area contributed by atoms with Crippen molar-refractivity contribution in [3.8, 4) is 0 Å². The van der Waals surface area contributed by atoms with Crippen molar-refractivity contribution in [3.63, 3.8) is 0 Å². The summed E-state index contributed by atoms with van der Waals surface area (Å²) in [5.41, 5.74) is 1.84. The Balaban J connectivity index is 1.65. The molecular formula is C17H17N5O2. The Morgan fingerprint density at radius 2 is 2.12 bits per heavy atom. The standard InChI is InChI=1S/C17H17N5O2/c23-13-6-11(7-13)15(21-17(24)16-19-9-20-22-16)12-5-10-3-1-2-4-14(10)18-8-12/h1-5,8-9,11,13,15,23H,6-7H2,(H,21,24)(H,19,20,22). The maximum absolute atomic E-state index is 12.4. The third-order valence-electron chi connectivity index (χ3n) is 4.51. The van der Waals surface area contributed by atoms with Gasteiger partial charge in [-0.3, -0.25) is 14.9 Å². The number of benzene rings is 1. The lowest BCUT2D eigenvalue weighted by molar-refractivity contribution is 0.0234. The number of nitrogens with zero attached hydrogens (tertiary/aromatic N) is 3. The lowest BCUT2D eigenvalue weighted by Gasteiger charge is -2.38. The number of para-hydroxylation sites is 1. The number of hydrogen-bond donors (Lipinski definition) is 3. The van der Waals surface area contributed by atoms with E-state index in [1.54, 1.807) is 6.20 Å². The third kappa shape index (κ3) is 2.74. The minimum atomic E-state index is -0.313. The van der Waals surface area contributed by atoms with E-state index in [1.807, 2.05) is 30.3 Å². The highest BCUT2D eigenvalue weighted by Crippen LogP contribution is 2.38. The summed E-state index contributed by atoms with van der Waals surface area (Å²) in [4.78, 5) is 20.7. The van der Waals surface area contributed by atoms with Crippen molar-refractivity contribution in [2.45, 2.75) is 25.0 Å². The number of aliphatic hydroxyl groups is 1. The fraction of sp³-hybridized carbons (Fsp3) is 0.294. The fourth-order valence-electron chi connectivity index (χ4n) is 3.16. The van der Waals surface area contributed by atoms with Crippen LogP contribution in [0.5, 0.6) is 0 Å². The highest BCUT2D eigenvalue weighted by molar-refractivity contribution is 5.90. The number of aromatic nitrogens is 4. The van der Waals surface area contributed by atoms with Gasteiger partial charge in [0.15, 0.2) is 0 Å². The topological polar surface area (TPSA) is 104 Å². The van der Waals surface area contributed by atoms with Crippen molar-refractivity contribution in [2.24, 2.45) is 5.92 Å². The summed E-state index contributed by atoms with van der Waals surface area (Å²) in [6.45, 7) is 0. The van der Waals surface area contributed by atoms with E-state index < -0.39 is 0 Å². The van der Waals surface area contributed by atoms with Crippen LogP contribution in [-0.4, -0.2) is 37.3 Å². The van der Waals surface area contributed by atoms with Crippen LogP contribution in [0.25, 0.3) is 10.9 Å². The number of pyridine rings is 1. The van der Waals surface area contributed by atoms with E-state index in [-0.39, 0.29) is 29.8 Å². The van der Waals surface area contributed by atoms with Crippen LogP contribution in [-0.2, 0) is 0 Å². The summed E-state index contributed by atoms with van der Waals surface area (Å²) < 4.78 is 0. The molecule has 0 radical (unpaired) electrons. The molecule has 1 unspecified atom stereocenters. The number of hydrogen-bond acceptors (Lipinski definition) is 5. The van der Waals surface area contributed by atoms with Crippen LogP contribution in [0.2, 0.25) is 0 Å². The Morgan fingerprint density at radius 1 is 1.29 bits per heavy atom. The molecule has 0 aliphatic heterocycles. The summed E-state index contributed by atoms with van der Waals surface area (Å²) in [5.74, 6) is 0.0375. The van der Waals surface area contributed by atoms with Gasteiger partial charge in [-0.15, -0.1) is 0 Å². The molecule has 2 aromatic heterocycles. The third-order valence-corrected chi connectivity index (χ3v) is 4.51. The predicted molar refractivity (Wildman–Crippen MR) is 87.1 cm³/mol. The smallest absolute Gasteiger partial charge is 0.289 e. The lowest BCUT2D eigenvalue weighted by atomic mass is 9.75. The molecule has 7 nitrogen and oxygen atoms in total. The van der Waals surface area contributed by atoms with E-state index in [9.17, 15) is 9.90 Å². The highest BCUT2D eigenvalue weighted by Gasteiger charge is 2.36. The van der Waals surface area contributed by atoms with E-state index in [0.717, 1.165) is 16.5 Å². The zero-order chi connectivity index (χ0) is 16.5. The van der Waals surface area contributed by atoms with Crippen LogP contribution in [0.4, 0.5) is 0 Å². The average Bonchev–Trinajstić information content (AvgIpc) is 3.11. The maximum Gasteiger partial charge on any atom is 0.289 e. The summed E-state index contributed by atoms with van der Waals surface area (Å²) in [6.07, 6.45) is 4.11. The monoisotopic (exact) mass is 323 g/mol. The SMILES string of the molecule is O=C(NC(c1cnc2ccccc2c1)C1CC(O)C1)c1ncn[nH]1. The molecule has 3 aromatic rings. The van der Waals surface area contributed by atoms with Gasteiger partial charge in [-0.1, -0.05) is 18.2 Å². The first-order valence-corrected chi connectivity index (χ1v) is 7.89. The number of fused-ring (bicyclic) bond motifs is 1. The minimum absolute atomic E-state index is 0.175. The number of carbonyl (C=O) groups is 1. The van der Waals surface area contributed by atoms with E-state index in [4.69, 9.17) is 0 Å². The molecule has 1 aliphatic rings. The average molecular weight is 323 g/mol. The minimum Gasteiger partial charge on any atom is -0.393 e. The Hall–Kier alpha value is -2.80. The molecule has 0 bridgehead atoms. The molecule has 122 valence electrons. The number of carbonyl (C=O) groups excluding carboxylic acids is 1. The number of nitrogens with one attached hydrogen (secondary N) is 2. The normalized spacial score (nSPS) is 21.2. The number of aromatic amines is 1. The van der Waals surface area contributed by atoms with E-state index in [0.29, 0.717) is 12.8 Å². The van der Waals surface area contributed by atoms with Crippen molar-refractivity contribution in [3.05, 3.63) is 54.2 Å². The molecule has 2 heterocycles. The van der Waals surface area contributed by atoms with Gasteiger partial charge in [0, 0.05) is 11.6 Å². The molecule has 1 aliphatic carbocycles. The molecule has 4 rings (SSSR count). The van der Waals surface area contributed by atoms with Crippen LogP contribution in [0, 0.1) is 5.92 Å². The quantitative estimate of drug-likeness (QED) is 0.676. The first-order valence-electron chi connectivity index (χ1n) is 7.89. The molecule has 1 atom stereocenters. The van der Waals surface area contributed by atoms with Gasteiger partial charge in [-0.05, 0) is 36.5 Å². The second kappa shape index (κ2) is 6.01. The molecule has 7 heteroatoms. The predicted octanol–water partition coefficient (Wildman–Crippen LogP) is 1.59. The van der Waals surface area contributed by atoms with Crippen molar-refractivity contribution >= 4 is 16.8 Å². The van der Waals surface area contributed by atoms with Crippen LogP contribution >= 0.6 is 0 Å². The summed E-state index contributed by atoms with van der Waals surface area (Å²) in [7, 11) is 0. The Labute approximate surface area is 138 Å². The van der Waals surface area contributed by atoms with Gasteiger partial charge in [0.2, 0.25) is 5.82 Å². The van der Waals surface area contributed by atoms with Gasteiger partial charge in [0.1, 0.15) is 6.33 Å². The van der Waals surface area contributed by atoms with Crippen LogP contribution in [0.3, 0.4) is 0 Å². The van der Waals surface area contributed by atoms with Gasteiger partial charge in [-0.25, -0.2) is 4.98 Å². The first kappa shape index (κ1) is 14.8. The van der Waals surface area contributed by atoms with E-state index in [1.165, 1.54) is 6.33 Å².